The van der Waals surface area contributed by atoms with Gasteiger partial charge >= 0.3 is 0 Å². The van der Waals surface area contributed by atoms with Crippen LogP contribution < -0.4 is 5.56 Å². The van der Waals surface area contributed by atoms with Gasteiger partial charge < -0.3 is 4.79 Å². The molecule has 0 N–H and O–H groups in total. The molecule has 0 atom stereocenters. The van der Waals surface area contributed by atoms with E-state index in [1.54, 1.807) is 12.1 Å². The first kappa shape index (κ1) is 10.1. The number of rotatable bonds is 2. The van der Waals surface area contributed by atoms with Gasteiger partial charge in [-0.05, 0) is 12.1 Å². The fourth-order valence-corrected chi connectivity index (χ4v) is 1.49. The van der Waals surface area contributed by atoms with Gasteiger partial charge in [-0.2, -0.15) is 5.26 Å². The van der Waals surface area contributed by atoms with Crippen molar-refractivity contribution >= 4 is 17.3 Å². The van der Waals surface area contributed by atoms with Crippen molar-refractivity contribution in [2.75, 3.05) is 0 Å². The Labute approximate surface area is 90.6 Å². The zero-order valence-electron chi connectivity index (χ0n) is 8.25. The number of fused-ring (bicyclic) bond motifs is 1. The number of aldehydes is 1. The molecule has 5 heteroatoms. The van der Waals surface area contributed by atoms with E-state index in [9.17, 15) is 9.59 Å². The Hall–Kier alpha value is -2.48. The smallest absolute Gasteiger partial charge is 0.251 e. The molecule has 0 bridgehead atoms. The van der Waals surface area contributed by atoms with Gasteiger partial charge in [-0.3, -0.25) is 14.3 Å². The Kier molecular flexibility index (Phi) is 2.48. The summed E-state index contributed by atoms with van der Waals surface area (Å²) < 4.78 is 1.29. The van der Waals surface area contributed by atoms with Crippen molar-refractivity contribution in [2.45, 2.75) is 6.54 Å². The highest BCUT2D eigenvalue weighted by atomic mass is 16.1. The predicted molar refractivity (Wildman–Crippen MR) is 56.8 cm³/mol. The lowest BCUT2D eigenvalue weighted by Crippen LogP contribution is -2.20. The van der Waals surface area contributed by atoms with E-state index >= 15 is 0 Å². The summed E-state index contributed by atoms with van der Waals surface area (Å²) in [6.07, 6.45) is 2.07. The van der Waals surface area contributed by atoms with Crippen LogP contribution in [0.1, 0.15) is 5.56 Å². The van der Waals surface area contributed by atoms with Gasteiger partial charge in [0.1, 0.15) is 12.4 Å². The predicted octanol–water partition coefficient (Wildman–Crippen LogP) is 0.467. The second-order valence-electron chi connectivity index (χ2n) is 3.19. The van der Waals surface area contributed by atoms with Crippen LogP contribution >= 0.6 is 0 Å². The summed E-state index contributed by atoms with van der Waals surface area (Å²) in [5.74, 6) is 0. The number of carbonyl (C=O) groups is 1. The highest BCUT2D eigenvalue weighted by Gasteiger charge is 2.04. The second-order valence-corrected chi connectivity index (χ2v) is 3.19. The highest BCUT2D eigenvalue weighted by Crippen LogP contribution is 2.10. The van der Waals surface area contributed by atoms with Crippen LogP contribution in [0, 0.1) is 11.3 Å². The van der Waals surface area contributed by atoms with E-state index in [4.69, 9.17) is 5.26 Å². The Bertz CT molecular complexity index is 652. The van der Waals surface area contributed by atoms with Crippen molar-refractivity contribution in [1.29, 1.82) is 5.26 Å². The van der Waals surface area contributed by atoms with Crippen molar-refractivity contribution < 1.29 is 4.79 Å². The molecule has 0 radical (unpaired) electrons. The molecular weight excluding hydrogens is 206 g/mol. The Morgan fingerprint density at radius 1 is 1.50 bits per heavy atom. The molecule has 16 heavy (non-hydrogen) atoms. The third-order valence-electron chi connectivity index (χ3n) is 2.22. The average Bonchev–Trinajstić information content (AvgIpc) is 2.32. The molecule has 0 unspecified atom stereocenters. The Balaban J connectivity index is 2.84. The minimum Gasteiger partial charge on any atom is -0.301 e. The van der Waals surface area contributed by atoms with Crippen LogP contribution in [0.2, 0.25) is 0 Å². The number of hydrogen-bond acceptors (Lipinski definition) is 4. The van der Waals surface area contributed by atoms with Crippen molar-refractivity contribution in [3.63, 3.8) is 0 Å². The molecule has 5 nitrogen and oxygen atoms in total. The van der Waals surface area contributed by atoms with Gasteiger partial charge in [0.15, 0.2) is 0 Å². The summed E-state index contributed by atoms with van der Waals surface area (Å²) >= 11 is 0. The molecule has 0 saturated heterocycles. The summed E-state index contributed by atoms with van der Waals surface area (Å²) in [6.45, 7) is -0.0350. The number of carbonyl (C=O) groups excluding carboxylic acids is 1. The molecule has 0 aromatic carbocycles. The first-order chi connectivity index (χ1) is 7.76. The number of aromatic nitrogens is 2. The quantitative estimate of drug-likeness (QED) is 0.679. The topological polar surface area (TPSA) is 75.8 Å². The van der Waals surface area contributed by atoms with Gasteiger partial charge in [0, 0.05) is 12.3 Å². The number of nitriles is 1. The summed E-state index contributed by atoms with van der Waals surface area (Å²) in [4.78, 5) is 26.0. The lowest BCUT2D eigenvalue weighted by atomic mass is 10.2. The average molecular weight is 213 g/mol. The first-order valence-corrected chi connectivity index (χ1v) is 4.59. The molecule has 2 aromatic rings. The summed E-state index contributed by atoms with van der Waals surface area (Å²) in [7, 11) is 0. The molecule has 78 valence electrons. The minimum absolute atomic E-state index is 0.0350. The summed E-state index contributed by atoms with van der Waals surface area (Å²) in [6, 6.07) is 6.41. The fraction of sp³-hybridized carbons (Fsp3) is 0.0909. The number of hydrogen-bond donors (Lipinski definition) is 0. The summed E-state index contributed by atoms with van der Waals surface area (Å²) in [5.41, 5.74) is 1.16. The molecular formula is C11H7N3O2. The molecule has 0 aliphatic heterocycles. The molecule has 0 amide bonds. The highest BCUT2D eigenvalue weighted by molar-refractivity contribution is 5.76. The third-order valence-corrected chi connectivity index (χ3v) is 2.22. The Morgan fingerprint density at radius 3 is 3.00 bits per heavy atom. The maximum atomic E-state index is 11.5. The zero-order valence-corrected chi connectivity index (χ0v) is 8.25. The van der Waals surface area contributed by atoms with Crippen molar-refractivity contribution in [3.8, 4) is 6.07 Å². The lowest BCUT2D eigenvalue weighted by molar-refractivity contribution is -0.108. The molecule has 0 fully saturated rings. The van der Waals surface area contributed by atoms with Crippen molar-refractivity contribution in [3.05, 3.63) is 40.3 Å². The van der Waals surface area contributed by atoms with Gasteiger partial charge in [-0.25, -0.2) is 0 Å². The van der Waals surface area contributed by atoms with Gasteiger partial charge in [0.05, 0.1) is 23.1 Å². The van der Waals surface area contributed by atoms with Crippen LogP contribution in [0.5, 0.6) is 0 Å². The van der Waals surface area contributed by atoms with E-state index in [0.717, 1.165) is 0 Å². The van der Waals surface area contributed by atoms with Crippen LogP contribution in [-0.4, -0.2) is 15.8 Å². The van der Waals surface area contributed by atoms with Crippen LogP contribution in [0.25, 0.3) is 11.0 Å². The van der Waals surface area contributed by atoms with Crippen molar-refractivity contribution in [2.24, 2.45) is 0 Å². The SMILES string of the molecule is N#Cc1cnc2ccc(=O)n(CC=O)c2c1. The molecule has 0 spiro atoms. The lowest BCUT2D eigenvalue weighted by Gasteiger charge is -2.05. The van der Waals surface area contributed by atoms with Crippen LogP contribution in [0.3, 0.4) is 0 Å². The molecule has 2 heterocycles. The monoisotopic (exact) mass is 213 g/mol. The maximum Gasteiger partial charge on any atom is 0.251 e. The van der Waals surface area contributed by atoms with E-state index in [0.29, 0.717) is 22.9 Å². The molecule has 2 rings (SSSR count). The molecule has 0 aliphatic rings. The minimum atomic E-state index is -0.281. The normalized spacial score (nSPS) is 9.94. The third kappa shape index (κ3) is 1.57. The van der Waals surface area contributed by atoms with Gasteiger partial charge in [0.25, 0.3) is 5.56 Å². The molecule has 0 aliphatic carbocycles. The Morgan fingerprint density at radius 2 is 2.31 bits per heavy atom. The number of pyridine rings is 2. The fourth-order valence-electron chi connectivity index (χ4n) is 1.49. The van der Waals surface area contributed by atoms with Gasteiger partial charge in [-0.15, -0.1) is 0 Å². The van der Waals surface area contributed by atoms with E-state index in [1.165, 1.54) is 16.8 Å². The standard InChI is InChI=1S/C11H7N3O2/c12-6-8-5-10-9(13-7-8)1-2-11(16)14(10)3-4-15/h1-2,4-5,7H,3H2. The first-order valence-electron chi connectivity index (χ1n) is 4.59. The van der Waals surface area contributed by atoms with E-state index < -0.39 is 0 Å². The van der Waals surface area contributed by atoms with Crippen LogP contribution in [-0.2, 0) is 11.3 Å². The largest absolute Gasteiger partial charge is 0.301 e. The zero-order chi connectivity index (χ0) is 11.5. The van der Waals surface area contributed by atoms with Crippen LogP contribution in [0.4, 0.5) is 0 Å². The van der Waals surface area contributed by atoms with Crippen molar-refractivity contribution in [1.82, 2.24) is 9.55 Å². The second kappa shape index (κ2) is 3.95. The van der Waals surface area contributed by atoms with E-state index in [1.807, 2.05) is 6.07 Å². The van der Waals surface area contributed by atoms with Gasteiger partial charge in [0.2, 0.25) is 0 Å². The maximum absolute atomic E-state index is 11.5. The van der Waals surface area contributed by atoms with E-state index in [-0.39, 0.29) is 12.1 Å². The van der Waals surface area contributed by atoms with Crippen LogP contribution in [0.15, 0.2) is 29.2 Å². The molecule has 2 aromatic heterocycles. The van der Waals surface area contributed by atoms with E-state index in [2.05, 4.69) is 4.98 Å². The van der Waals surface area contributed by atoms with Gasteiger partial charge in [-0.1, -0.05) is 0 Å². The summed E-state index contributed by atoms with van der Waals surface area (Å²) in [5, 5.41) is 8.74. The number of nitrogens with zero attached hydrogens (tertiary/aromatic N) is 3. The molecule has 0 saturated carbocycles.